The summed E-state index contributed by atoms with van der Waals surface area (Å²) in [6.45, 7) is 9.97. The molecule has 3 unspecified atom stereocenters. The lowest BCUT2D eigenvalue weighted by molar-refractivity contribution is 0.0582. The molecule has 3 heteroatoms. The monoisotopic (exact) mass is 253 g/mol. The molecule has 0 aliphatic carbocycles. The van der Waals surface area contributed by atoms with E-state index in [4.69, 9.17) is 0 Å². The highest BCUT2D eigenvalue weighted by molar-refractivity contribution is 4.90. The van der Waals surface area contributed by atoms with Crippen LogP contribution in [0, 0.1) is 0 Å². The van der Waals surface area contributed by atoms with Crippen LogP contribution in [0.5, 0.6) is 0 Å². The minimum absolute atomic E-state index is 0.675. The molecule has 1 N–H and O–H groups in total. The van der Waals surface area contributed by atoms with Crippen LogP contribution in [0.15, 0.2) is 0 Å². The fourth-order valence-corrected chi connectivity index (χ4v) is 3.47. The Kier molecular flexibility index (Phi) is 5.46. The lowest BCUT2D eigenvalue weighted by Crippen LogP contribution is -2.54. The summed E-state index contributed by atoms with van der Waals surface area (Å²) >= 11 is 0. The first-order valence-electron chi connectivity index (χ1n) is 7.86. The van der Waals surface area contributed by atoms with Crippen molar-refractivity contribution in [1.29, 1.82) is 0 Å². The fourth-order valence-electron chi connectivity index (χ4n) is 3.47. The number of fused-ring (bicyclic) bond motifs is 1. The van der Waals surface area contributed by atoms with Gasteiger partial charge in [0.15, 0.2) is 0 Å². The van der Waals surface area contributed by atoms with E-state index in [1.165, 1.54) is 58.3 Å². The Bertz CT molecular complexity index is 244. The number of hydrogen-bond acceptors (Lipinski definition) is 3. The number of hydrogen-bond donors (Lipinski definition) is 1. The van der Waals surface area contributed by atoms with Crippen LogP contribution in [0.3, 0.4) is 0 Å². The summed E-state index contributed by atoms with van der Waals surface area (Å²) in [5, 5.41) is 3.32. The van der Waals surface area contributed by atoms with Crippen molar-refractivity contribution in [3.8, 4) is 0 Å². The highest BCUT2D eigenvalue weighted by Gasteiger charge is 2.33. The average molecular weight is 253 g/mol. The van der Waals surface area contributed by atoms with E-state index in [9.17, 15) is 0 Å². The zero-order valence-corrected chi connectivity index (χ0v) is 12.5. The molecule has 2 heterocycles. The van der Waals surface area contributed by atoms with Gasteiger partial charge in [-0.15, -0.1) is 0 Å². The van der Waals surface area contributed by atoms with Gasteiger partial charge >= 0.3 is 0 Å². The molecule has 2 saturated heterocycles. The number of unbranched alkanes of at least 4 members (excludes halogenated alkanes) is 1. The normalized spacial score (nSPS) is 31.5. The van der Waals surface area contributed by atoms with Crippen molar-refractivity contribution in [2.45, 2.75) is 64.1 Å². The summed E-state index contributed by atoms with van der Waals surface area (Å²) < 4.78 is 0. The van der Waals surface area contributed by atoms with Gasteiger partial charge in [0.05, 0.1) is 0 Å². The van der Waals surface area contributed by atoms with Crippen LogP contribution in [0.4, 0.5) is 0 Å². The smallest absolute Gasteiger partial charge is 0.0224 e. The molecular weight excluding hydrogens is 222 g/mol. The Labute approximate surface area is 113 Å². The maximum Gasteiger partial charge on any atom is 0.0224 e. The van der Waals surface area contributed by atoms with Gasteiger partial charge in [0.25, 0.3) is 0 Å². The maximum absolute atomic E-state index is 3.32. The van der Waals surface area contributed by atoms with Gasteiger partial charge in [-0.25, -0.2) is 0 Å². The van der Waals surface area contributed by atoms with E-state index in [1.807, 2.05) is 0 Å². The third kappa shape index (κ3) is 3.69. The van der Waals surface area contributed by atoms with Crippen molar-refractivity contribution < 1.29 is 0 Å². The van der Waals surface area contributed by atoms with E-state index in [2.05, 4.69) is 36.0 Å². The van der Waals surface area contributed by atoms with Crippen molar-refractivity contribution in [2.24, 2.45) is 0 Å². The van der Waals surface area contributed by atoms with E-state index in [-0.39, 0.29) is 0 Å². The predicted molar refractivity (Wildman–Crippen MR) is 78.0 cm³/mol. The molecule has 0 amide bonds. The number of nitrogens with zero attached hydrogens (tertiary/aromatic N) is 2. The number of rotatable bonds is 6. The third-order valence-electron chi connectivity index (χ3n) is 4.89. The summed E-state index contributed by atoms with van der Waals surface area (Å²) in [7, 11) is 2.06. The largest absolute Gasteiger partial charge is 0.317 e. The zero-order valence-electron chi connectivity index (χ0n) is 12.5. The molecule has 106 valence electrons. The van der Waals surface area contributed by atoms with E-state index >= 15 is 0 Å². The summed E-state index contributed by atoms with van der Waals surface area (Å²) in [4.78, 5) is 5.45. The minimum atomic E-state index is 0.675. The summed E-state index contributed by atoms with van der Waals surface area (Å²) in [6.07, 6.45) is 6.89. The number of nitrogens with one attached hydrogen (secondary N) is 1. The summed E-state index contributed by atoms with van der Waals surface area (Å²) in [5.74, 6) is 0. The quantitative estimate of drug-likeness (QED) is 0.730. The standard InChI is InChI=1S/C15H31N3/c1-13(16-3)7-4-5-9-17-12-15-8-6-10-18(15)11-14(17)2/h13-16H,4-12H2,1-3H3. The molecule has 2 fully saturated rings. The third-order valence-corrected chi connectivity index (χ3v) is 4.89. The Hall–Kier alpha value is -0.120. The average Bonchev–Trinajstić information content (AvgIpc) is 2.81. The van der Waals surface area contributed by atoms with Gasteiger partial charge in [-0.1, -0.05) is 6.42 Å². The molecule has 0 aromatic carbocycles. The van der Waals surface area contributed by atoms with Crippen LogP contribution in [-0.2, 0) is 0 Å². The molecule has 18 heavy (non-hydrogen) atoms. The maximum atomic E-state index is 3.32. The molecule has 2 aliphatic heterocycles. The second-order valence-electron chi connectivity index (χ2n) is 6.32. The Morgan fingerprint density at radius 3 is 2.89 bits per heavy atom. The molecule has 0 bridgehead atoms. The van der Waals surface area contributed by atoms with Gasteiger partial charge in [0.2, 0.25) is 0 Å². The molecule has 0 aromatic rings. The van der Waals surface area contributed by atoms with Crippen molar-refractivity contribution in [2.75, 3.05) is 33.2 Å². The topological polar surface area (TPSA) is 18.5 Å². The fraction of sp³-hybridized carbons (Fsp3) is 1.00. The first-order chi connectivity index (χ1) is 8.70. The van der Waals surface area contributed by atoms with Crippen LogP contribution >= 0.6 is 0 Å². The Balaban J connectivity index is 1.66. The highest BCUT2D eigenvalue weighted by Crippen LogP contribution is 2.24. The molecule has 2 rings (SSSR count). The lowest BCUT2D eigenvalue weighted by Gasteiger charge is -2.42. The van der Waals surface area contributed by atoms with Gasteiger partial charge in [-0.05, 0) is 59.7 Å². The Morgan fingerprint density at radius 1 is 1.28 bits per heavy atom. The van der Waals surface area contributed by atoms with E-state index in [1.54, 1.807) is 0 Å². The van der Waals surface area contributed by atoms with E-state index in [0.717, 1.165) is 12.1 Å². The molecule has 3 nitrogen and oxygen atoms in total. The van der Waals surface area contributed by atoms with Crippen molar-refractivity contribution >= 4 is 0 Å². The van der Waals surface area contributed by atoms with Gasteiger partial charge in [-0.3, -0.25) is 9.80 Å². The summed E-state index contributed by atoms with van der Waals surface area (Å²) in [6, 6.07) is 2.31. The van der Waals surface area contributed by atoms with Crippen LogP contribution in [0.2, 0.25) is 0 Å². The zero-order chi connectivity index (χ0) is 13.0. The van der Waals surface area contributed by atoms with Gasteiger partial charge in [0.1, 0.15) is 0 Å². The van der Waals surface area contributed by atoms with Crippen molar-refractivity contribution in [1.82, 2.24) is 15.1 Å². The van der Waals surface area contributed by atoms with Crippen molar-refractivity contribution in [3.05, 3.63) is 0 Å². The van der Waals surface area contributed by atoms with E-state index < -0.39 is 0 Å². The SMILES string of the molecule is CNC(C)CCCCN1CC2CCCN2CC1C. The minimum Gasteiger partial charge on any atom is -0.317 e. The molecule has 0 aromatic heterocycles. The molecule has 3 atom stereocenters. The van der Waals surface area contributed by atoms with Crippen LogP contribution in [0.1, 0.15) is 46.0 Å². The molecule has 0 radical (unpaired) electrons. The highest BCUT2D eigenvalue weighted by atomic mass is 15.3. The molecule has 0 saturated carbocycles. The second-order valence-corrected chi connectivity index (χ2v) is 6.32. The van der Waals surface area contributed by atoms with E-state index in [0.29, 0.717) is 6.04 Å². The first kappa shape index (κ1) is 14.3. The van der Waals surface area contributed by atoms with Gasteiger partial charge < -0.3 is 5.32 Å². The number of piperazine rings is 1. The van der Waals surface area contributed by atoms with Gasteiger partial charge in [-0.2, -0.15) is 0 Å². The van der Waals surface area contributed by atoms with Crippen LogP contribution < -0.4 is 5.32 Å². The van der Waals surface area contributed by atoms with Crippen LogP contribution in [0.25, 0.3) is 0 Å². The molecule has 2 aliphatic rings. The molecular formula is C15H31N3. The second kappa shape index (κ2) is 6.88. The first-order valence-corrected chi connectivity index (χ1v) is 7.86. The van der Waals surface area contributed by atoms with Crippen LogP contribution in [-0.4, -0.2) is 61.2 Å². The summed E-state index contributed by atoms with van der Waals surface area (Å²) in [5.41, 5.74) is 0. The lowest BCUT2D eigenvalue weighted by atomic mass is 10.1. The molecule has 0 spiro atoms. The Morgan fingerprint density at radius 2 is 2.11 bits per heavy atom. The van der Waals surface area contributed by atoms with Crippen molar-refractivity contribution in [3.63, 3.8) is 0 Å². The van der Waals surface area contributed by atoms with Gasteiger partial charge in [0, 0.05) is 31.2 Å². The predicted octanol–water partition coefficient (Wildman–Crippen LogP) is 1.93.